The van der Waals surface area contributed by atoms with Crippen molar-refractivity contribution < 1.29 is 5.11 Å². The minimum absolute atomic E-state index is 0.0468. The third-order valence-electron chi connectivity index (χ3n) is 2.41. The van der Waals surface area contributed by atoms with Gasteiger partial charge in [0.2, 0.25) is 0 Å². The Morgan fingerprint density at radius 1 is 1.38 bits per heavy atom. The van der Waals surface area contributed by atoms with E-state index in [1.165, 1.54) is 0 Å². The average Bonchev–Trinajstić information content (AvgIpc) is 2.73. The fraction of sp³-hybridized carbons (Fsp3) is 0.250. The summed E-state index contributed by atoms with van der Waals surface area (Å²) in [7, 11) is 0. The number of aliphatic hydroxyl groups is 1. The summed E-state index contributed by atoms with van der Waals surface area (Å²) in [6.45, 7) is 2.65. The molecule has 0 radical (unpaired) electrons. The number of para-hydroxylation sites is 1. The molecule has 0 aliphatic heterocycles. The molecule has 3 N–H and O–H groups in total. The summed E-state index contributed by atoms with van der Waals surface area (Å²) in [5, 5.41) is 12.4. The second-order valence-corrected chi connectivity index (χ2v) is 3.66. The number of aromatic nitrogens is 2. The largest absolute Gasteiger partial charge is 0.392 e. The molecule has 4 nitrogen and oxygen atoms in total. The predicted octanol–water partition coefficient (Wildman–Crippen LogP) is 1.82. The lowest BCUT2D eigenvalue weighted by Crippen LogP contribution is -2.02. The van der Waals surface area contributed by atoms with Crippen LogP contribution in [0.4, 0.5) is 5.69 Å². The standard InChI is InChI=1S/C12H15N3O/c1-9-13-6-11(15-9)7-14-12-5-3-2-4-10(12)8-16/h2-6,14,16H,7-8H2,1H3,(H,13,15). The van der Waals surface area contributed by atoms with Crippen molar-refractivity contribution in [3.63, 3.8) is 0 Å². The number of anilines is 1. The Balaban J connectivity index is 2.04. The van der Waals surface area contributed by atoms with Crippen LogP contribution < -0.4 is 5.32 Å². The normalized spacial score (nSPS) is 10.4. The topological polar surface area (TPSA) is 60.9 Å². The summed E-state index contributed by atoms with van der Waals surface area (Å²) < 4.78 is 0. The van der Waals surface area contributed by atoms with Gasteiger partial charge in [-0.25, -0.2) is 4.98 Å². The van der Waals surface area contributed by atoms with Crippen LogP contribution in [0, 0.1) is 6.92 Å². The number of aryl methyl sites for hydroxylation is 1. The molecule has 1 aromatic heterocycles. The molecule has 0 saturated carbocycles. The van der Waals surface area contributed by atoms with Crippen LogP contribution in [0.15, 0.2) is 30.5 Å². The molecule has 0 aliphatic rings. The number of rotatable bonds is 4. The van der Waals surface area contributed by atoms with Crippen molar-refractivity contribution in [3.05, 3.63) is 47.5 Å². The first-order chi connectivity index (χ1) is 7.79. The Morgan fingerprint density at radius 2 is 2.19 bits per heavy atom. The quantitative estimate of drug-likeness (QED) is 0.732. The van der Waals surface area contributed by atoms with E-state index in [0.29, 0.717) is 6.54 Å². The van der Waals surface area contributed by atoms with Crippen LogP contribution in [0.3, 0.4) is 0 Å². The summed E-state index contributed by atoms with van der Waals surface area (Å²) in [6, 6.07) is 7.71. The zero-order valence-electron chi connectivity index (χ0n) is 9.20. The average molecular weight is 217 g/mol. The highest BCUT2D eigenvalue weighted by atomic mass is 16.3. The Morgan fingerprint density at radius 3 is 2.88 bits per heavy atom. The van der Waals surface area contributed by atoms with Crippen molar-refractivity contribution in [1.29, 1.82) is 0 Å². The Bertz CT molecular complexity index is 465. The lowest BCUT2D eigenvalue weighted by atomic mass is 10.2. The molecule has 16 heavy (non-hydrogen) atoms. The van der Waals surface area contributed by atoms with E-state index in [2.05, 4.69) is 15.3 Å². The summed E-state index contributed by atoms with van der Waals surface area (Å²) in [6.07, 6.45) is 1.81. The van der Waals surface area contributed by atoms with Gasteiger partial charge in [0.05, 0.1) is 25.0 Å². The van der Waals surface area contributed by atoms with E-state index in [0.717, 1.165) is 22.8 Å². The minimum Gasteiger partial charge on any atom is -0.392 e. The monoisotopic (exact) mass is 217 g/mol. The second-order valence-electron chi connectivity index (χ2n) is 3.66. The van der Waals surface area contributed by atoms with Crippen LogP contribution in [0.1, 0.15) is 17.1 Å². The molecule has 0 spiro atoms. The van der Waals surface area contributed by atoms with Crippen molar-refractivity contribution in [3.8, 4) is 0 Å². The zero-order valence-corrected chi connectivity index (χ0v) is 9.20. The third kappa shape index (κ3) is 2.41. The third-order valence-corrected chi connectivity index (χ3v) is 2.41. The van der Waals surface area contributed by atoms with Crippen molar-refractivity contribution in [2.75, 3.05) is 5.32 Å². The van der Waals surface area contributed by atoms with Crippen LogP contribution in [0.25, 0.3) is 0 Å². The van der Waals surface area contributed by atoms with Crippen LogP contribution in [-0.2, 0) is 13.2 Å². The second kappa shape index (κ2) is 4.81. The van der Waals surface area contributed by atoms with Crippen LogP contribution in [0.2, 0.25) is 0 Å². The first-order valence-corrected chi connectivity index (χ1v) is 5.22. The van der Waals surface area contributed by atoms with E-state index in [-0.39, 0.29) is 6.61 Å². The molecule has 0 unspecified atom stereocenters. The summed E-state index contributed by atoms with van der Waals surface area (Å²) in [4.78, 5) is 7.27. The van der Waals surface area contributed by atoms with Gasteiger partial charge in [-0.3, -0.25) is 0 Å². The molecular formula is C12H15N3O. The number of imidazole rings is 1. The van der Waals surface area contributed by atoms with Crippen LogP contribution in [-0.4, -0.2) is 15.1 Å². The number of aromatic amines is 1. The molecule has 0 aliphatic carbocycles. The molecule has 0 saturated heterocycles. The van der Waals surface area contributed by atoms with Gasteiger partial charge in [0.15, 0.2) is 0 Å². The number of nitrogens with zero attached hydrogens (tertiary/aromatic N) is 1. The maximum absolute atomic E-state index is 9.16. The lowest BCUT2D eigenvalue weighted by molar-refractivity contribution is 0.282. The molecular weight excluding hydrogens is 202 g/mol. The highest BCUT2D eigenvalue weighted by Crippen LogP contribution is 2.15. The number of nitrogens with one attached hydrogen (secondary N) is 2. The maximum Gasteiger partial charge on any atom is 0.103 e. The number of aliphatic hydroxyl groups excluding tert-OH is 1. The van der Waals surface area contributed by atoms with E-state index in [9.17, 15) is 0 Å². The number of H-pyrrole nitrogens is 1. The first kappa shape index (κ1) is 10.7. The van der Waals surface area contributed by atoms with E-state index in [1.807, 2.05) is 37.4 Å². The molecule has 0 fully saturated rings. The lowest BCUT2D eigenvalue weighted by Gasteiger charge is -2.08. The summed E-state index contributed by atoms with van der Waals surface area (Å²) in [5.41, 5.74) is 2.89. The SMILES string of the molecule is Cc1ncc(CNc2ccccc2CO)[nH]1. The maximum atomic E-state index is 9.16. The van der Waals surface area contributed by atoms with E-state index < -0.39 is 0 Å². The van der Waals surface area contributed by atoms with Gasteiger partial charge in [-0.05, 0) is 13.0 Å². The van der Waals surface area contributed by atoms with Gasteiger partial charge >= 0.3 is 0 Å². The van der Waals surface area contributed by atoms with Crippen molar-refractivity contribution >= 4 is 5.69 Å². The molecule has 4 heteroatoms. The molecule has 2 aromatic rings. The molecule has 0 bridgehead atoms. The number of benzene rings is 1. The smallest absolute Gasteiger partial charge is 0.103 e. The van der Waals surface area contributed by atoms with Gasteiger partial charge in [0.1, 0.15) is 5.82 Å². The van der Waals surface area contributed by atoms with Gasteiger partial charge in [0, 0.05) is 11.3 Å². The van der Waals surface area contributed by atoms with Crippen molar-refractivity contribution in [1.82, 2.24) is 9.97 Å². The molecule has 0 amide bonds. The van der Waals surface area contributed by atoms with Crippen LogP contribution in [0.5, 0.6) is 0 Å². The Labute approximate surface area is 94.4 Å². The predicted molar refractivity (Wildman–Crippen MR) is 63.0 cm³/mol. The molecule has 1 aromatic carbocycles. The summed E-state index contributed by atoms with van der Waals surface area (Å²) >= 11 is 0. The number of hydrogen-bond donors (Lipinski definition) is 3. The Hall–Kier alpha value is -1.81. The number of hydrogen-bond acceptors (Lipinski definition) is 3. The van der Waals surface area contributed by atoms with E-state index in [4.69, 9.17) is 5.11 Å². The van der Waals surface area contributed by atoms with Crippen LogP contribution >= 0.6 is 0 Å². The van der Waals surface area contributed by atoms with Gasteiger partial charge in [-0.2, -0.15) is 0 Å². The molecule has 84 valence electrons. The highest BCUT2D eigenvalue weighted by Gasteiger charge is 2.01. The fourth-order valence-corrected chi connectivity index (χ4v) is 1.58. The Kier molecular flexibility index (Phi) is 3.22. The molecule has 0 atom stereocenters. The molecule has 2 rings (SSSR count). The summed E-state index contributed by atoms with van der Waals surface area (Å²) in [5.74, 6) is 0.909. The first-order valence-electron chi connectivity index (χ1n) is 5.22. The molecule has 1 heterocycles. The van der Waals surface area contributed by atoms with Gasteiger partial charge < -0.3 is 15.4 Å². The minimum atomic E-state index is 0.0468. The van der Waals surface area contributed by atoms with Gasteiger partial charge in [-0.1, -0.05) is 18.2 Å². The fourth-order valence-electron chi connectivity index (χ4n) is 1.58. The van der Waals surface area contributed by atoms with E-state index in [1.54, 1.807) is 0 Å². The van der Waals surface area contributed by atoms with Crippen molar-refractivity contribution in [2.24, 2.45) is 0 Å². The highest BCUT2D eigenvalue weighted by molar-refractivity contribution is 5.50. The van der Waals surface area contributed by atoms with Crippen molar-refractivity contribution in [2.45, 2.75) is 20.1 Å². The van der Waals surface area contributed by atoms with Gasteiger partial charge in [-0.15, -0.1) is 0 Å². The zero-order chi connectivity index (χ0) is 11.4. The van der Waals surface area contributed by atoms with E-state index >= 15 is 0 Å². The van der Waals surface area contributed by atoms with Gasteiger partial charge in [0.25, 0.3) is 0 Å².